The quantitative estimate of drug-likeness (QED) is 0.684. The number of benzene rings is 2. The maximum atomic E-state index is 10.8. The first kappa shape index (κ1) is 12.4. The van der Waals surface area contributed by atoms with Gasteiger partial charge in [-0.1, -0.05) is 0 Å². The second kappa shape index (κ2) is 4.81. The first-order valence-electron chi connectivity index (χ1n) is 6.29. The number of carbonyl (C=O) groups is 1. The van der Waals surface area contributed by atoms with E-state index in [9.17, 15) is 4.79 Å². The molecule has 4 nitrogen and oxygen atoms in total. The second-order valence-corrected chi connectivity index (χ2v) is 4.59. The Morgan fingerprint density at radius 3 is 2.55 bits per heavy atom. The minimum atomic E-state index is 0.636. The van der Waals surface area contributed by atoms with Gasteiger partial charge in [-0.05, 0) is 42.5 Å². The van der Waals surface area contributed by atoms with Crippen molar-refractivity contribution in [2.75, 3.05) is 7.11 Å². The third kappa shape index (κ3) is 1.95. The van der Waals surface area contributed by atoms with Gasteiger partial charge in [0.15, 0.2) is 0 Å². The zero-order chi connectivity index (χ0) is 14.1. The maximum absolute atomic E-state index is 10.8. The SMILES string of the molecule is COc1ccc(-c2nc3cc(C=O)ccc3n2C)cc1. The molecule has 1 aromatic heterocycles. The van der Waals surface area contributed by atoms with E-state index >= 15 is 0 Å². The third-order valence-electron chi connectivity index (χ3n) is 3.39. The summed E-state index contributed by atoms with van der Waals surface area (Å²) < 4.78 is 7.18. The van der Waals surface area contributed by atoms with Crippen LogP contribution in [0.25, 0.3) is 22.4 Å². The molecule has 3 rings (SSSR count). The minimum absolute atomic E-state index is 0.636. The standard InChI is InChI=1S/C16H14N2O2/c1-18-15-8-3-11(10-19)9-14(15)17-16(18)12-4-6-13(20-2)7-5-12/h3-10H,1-2H3. The number of ether oxygens (including phenoxy) is 1. The van der Waals surface area contributed by atoms with E-state index in [1.807, 2.05) is 41.9 Å². The van der Waals surface area contributed by atoms with E-state index in [1.54, 1.807) is 19.2 Å². The summed E-state index contributed by atoms with van der Waals surface area (Å²) in [4.78, 5) is 15.4. The number of aldehydes is 1. The Morgan fingerprint density at radius 1 is 1.15 bits per heavy atom. The Balaban J connectivity index is 2.15. The zero-order valence-corrected chi connectivity index (χ0v) is 11.3. The van der Waals surface area contributed by atoms with E-state index in [0.717, 1.165) is 34.5 Å². The number of imidazole rings is 1. The van der Waals surface area contributed by atoms with Crippen LogP contribution < -0.4 is 4.74 Å². The van der Waals surface area contributed by atoms with Crippen molar-refractivity contribution in [3.05, 3.63) is 48.0 Å². The molecule has 0 saturated heterocycles. The number of methoxy groups -OCH3 is 1. The number of hydrogen-bond acceptors (Lipinski definition) is 3. The van der Waals surface area contributed by atoms with Crippen LogP contribution in [0, 0.1) is 0 Å². The van der Waals surface area contributed by atoms with Crippen molar-refractivity contribution >= 4 is 17.3 Å². The molecule has 3 aromatic rings. The molecule has 1 heterocycles. The highest BCUT2D eigenvalue weighted by Crippen LogP contribution is 2.25. The summed E-state index contributed by atoms with van der Waals surface area (Å²) in [6.45, 7) is 0. The van der Waals surface area contributed by atoms with E-state index in [2.05, 4.69) is 4.98 Å². The van der Waals surface area contributed by atoms with Gasteiger partial charge in [-0.25, -0.2) is 4.98 Å². The van der Waals surface area contributed by atoms with Gasteiger partial charge in [0.2, 0.25) is 0 Å². The summed E-state index contributed by atoms with van der Waals surface area (Å²) in [5, 5.41) is 0. The molecule has 20 heavy (non-hydrogen) atoms. The summed E-state index contributed by atoms with van der Waals surface area (Å²) in [7, 11) is 3.61. The van der Waals surface area contributed by atoms with Crippen molar-refractivity contribution < 1.29 is 9.53 Å². The smallest absolute Gasteiger partial charge is 0.150 e. The molecule has 0 unspecified atom stereocenters. The van der Waals surface area contributed by atoms with E-state index < -0.39 is 0 Å². The minimum Gasteiger partial charge on any atom is -0.497 e. The Morgan fingerprint density at radius 2 is 1.90 bits per heavy atom. The topological polar surface area (TPSA) is 44.1 Å². The molecule has 4 heteroatoms. The third-order valence-corrected chi connectivity index (χ3v) is 3.39. The van der Waals surface area contributed by atoms with Gasteiger partial charge in [0.1, 0.15) is 17.9 Å². The fraction of sp³-hybridized carbons (Fsp3) is 0.125. The summed E-state index contributed by atoms with van der Waals surface area (Å²) >= 11 is 0. The van der Waals surface area contributed by atoms with Crippen molar-refractivity contribution in [1.82, 2.24) is 9.55 Å². The monoisotopic (exact) mass is 266 g/mol. The fourth-order valence-corrected chi connectivity index (χ4v) is 2.29. The molecule has 0 saturated carbocycles. The molecule has 0 aliphatic rings. The lowest BCUT2D eigenvalue weighted by molar-refractivity contribution is 0.112. The van der Waals surface area contributed by atoms with Gasteiger partial charge in [0.25, 0.3) is 0 Å². The predicted octanol–water partition coefficient (Wildman–Crippen LogP) is 3.06. The molecule has 0 bridgehead atoms. The van der Waals surface area contributed by atoms with Crippen molar-refractivity contribution in [2.24, 2.45) is 7.05 Å². The number of nitrogens with zero attached hydrogens (tertiary/aromatic N) is 2. The van der Waals surface area contributed by atoms with Crippen LogP contribution in [0.15, 0.2) is 42.5 Å². The largest absolute Gasteiger partial charge is 0.497 e. The summed E-state index contributed by atoms with van der Waals surface area (Å²) in [6.07, 6.45) is 0.834. The maximum Gasteiger partial charge on any atom is 0.150 e. The first-order valence-corrected chi connectivity index (χ1v) is 6.29. The van der Waals surface area contributed by atoms with Crippen molar-refractivity contribution in [1.29, 1.82) is 0 Å². The number of rotatable bonds is 3. The van der Waals surface area contributed by atoms with Crippen molar-refractivity contribution in [3.8, 4) is 17.1 Å². The summed E-state index contributed by atoms with van der Waals surface area (Å²) in [6, 6.07) is 13.3. The average Bonchev–Trinajstić information content (AvgIpc) is 2.84. The lowest BCUT2D eigenvalue weighted by atomic mass is 10.2. The number of aryl methyl sites for hydroxylation is 1. The molecular weight excluding hydrogens is 252 g/mol. The highest BCUT2D eigenvalue weighted by atomic mass is 16.5. The number of carbonyl (C=O) groups excluding carboxylic acids is 1. The van der Waals surface area contributed by atoms with Crippen LogP contribution >= 0.6 is 0 Å². The number of hydrogen-bond donors (Lipinski definition) is 0. The lowest BCUT2D eigenvalue weighted by Gasteiger charge is -2.04. The van der Waals surface area contributed by atoms with Gasteiger partial charge >= 0.3 is 0 Å². The Kier molecular flexibility index (Phi) is 2.99. The van der Waals surface area contributed by atoms with Gasteiger partial charge in [-0.3, -0.25) is 4.79 Å². The molecule has 0 fully saturated rings. The summed E-state index contributed by atoms with van der Waals surface area (Å²) in [5.41, 5.74) is 3.47. The molecule has 100 valence electrons. The predicted molar refractivity (Wildman–Crippen MR) is 78.1 cm³/mol. The average molecular weight is 266 g/mol. The first-order chi connectivity index (χ1) is 9.72. The fourth-order valence-electron chi connectivity index (χ4n) is 2.29. The van der Waals surface area contributed by atoms with Gasteiger partial charge in [0, 0.05) is 18.2 Å². The van der Waals surface area contributed by atoms with Gasteiger partial charge < -0.3 is 9.30 Å². The molecule has 0 N–H and O–H groups in total. The Labute approximate surface area is 116 Å². The van der Waals surface area contributed by atoms with E-state index in [1.165, 1.54) is 0 Å². The van der Waals surface area contributed by atoms with E-state index in [0.29, 0.717) is 5.56 Å². The molecule has 0 aliphatic heterocycles. The van der Waals surface area contributed by atoms with Crippen LogP contribution in [0.4, 0.5) is 0 Å². The van der Waals surface area contributed by atoms with Gasteiger partial charge in [-0.15, -0.1) is 0 Å². The number of aromatic nitrogens is 2. The van der Waals surface area contributed by atoms with Crippen LogP contribution in [0.3, 0.4) is 0 Å². The van der Waals surface area contributed by atoms with Crippen LogP contribution in [-0.2, 0) is 7.05 Å². The zero-order valence-electron chi connectivity index (χ0n) is 11.3. The highest BCUT2D eigenvalue weighted by Gasteiger charge is 2.10. The molecule has 0 amide bonds. The van der Waals surface area contributed by atoms with Crippen molar-refractivity contribution in [2.45, 2.75) is 0 Å². The molecule has 0 atom stereocenters. The van der Waals surface area contributed by atoms with Gasteiger partial charge in [0.05, 0.1) is 18.1 Å². The molecular formula is C16H14N2O2. The van der Waals surface area contributed by atoms with Crippen LogP contribution in [0.1, 0.15) is 10.4 Å². The highest BCUT2D eigenvalue weighted by molar-refractivity contribution is 5.87. The van der Waals surface area contributed by atoms with Crippen molar-refractivity contribution in [3.63, 3.8) is 0 Å². The molecule has 2 aromatic carbocycles. The normalized spacial score (nSPS) is 10.7. The summed E-state index contributed by atoms with van der Waals surface area (Å²) in [5.74, 6) is 1.68. The molecule has 0 aliphatic carbocycles. The second-order valence-electron chi connectivity index (χ2n) is 4.59. The van der Waals surface area contributed by atoms with E-state index in [-0.39, 0.29) is 0 Å². The van der Waals surface area contributed by atoms with Crippen LogP contribution in [0.2, 0.25) is 0 Å². The molecule has 0 radical (unpaired) electrons. The lowest BCUT2D eigenvalue weighted by Crippen LogP contribution is -1.92. The molecule has 0 spiro atoms. The van der Waals surface area contributed by atoms with Crippen LogP contribution in [0.5, 0.6) is 5.75 Å². The Hall–Kier alpha value is -2.62. The van der Waals surface area contributed by atoms with Gasteiger partial charge in [-0.2, -0.15) is 0 Å². The van der Waals surface area contributed by atoms with E-state index in [4.69, 9.17) is 4.74 Å². The Bertz CT molecular complexity index is 773. The number of fused-ring (bicyclic) bond motifs is 1. The van der Waals surface area contributed by atoms with Crippen LogP contribution in [-0.4, -0.2) is 22.9 Å².